The first-order valence-electron chi connectivity index (χ1n) is 42.1. The Kier molecular flexibility index (Phi) is 75.6. The lowest BCUT2D eigenvalue weighted by Gasteiger charge is -2.21. The first kappa shape index (κ1) is 102. The van der Waals surface area contributed by atoms with Crippen molar-refractivity contribution in [3.8, 4) is 0 Å². The van der Waals surface area contributed by atoms with E-state index < -0.39 is 97.5 Å². The summed E-state index contributed by atoms with van der Waals surface area (Å²) in [6.45, 7) is 4.71. The third-order valence-electron chi connectivity index (χ3n) is 17.7. The number of ether oxygens (including phenoxy) is 4. The average Bonchev–Trinajstić information content (AvgIpc) is 0.907. The number of aliphatic hydroxyl groups is 1. The number of esters is 4. The number of phosphoric acid groups is 2. The van der Waals surface area contributed by atoms with Crippen LogP contribution in [0.3, 0.4) is 0 Å². The van der Waals surface area contributed by atoms with Crippen molar-refractivity contribution in [2.75, 3.05) is 39.6 Å². The van der Waals surface area contributed by atoms with E-state index >= 15 is 0 Å². The molecule has 0 aromatic heterocycles. The van der Waals surface area contributed by atoms with Crippen molar-refractivity contribution in [3.05, 3.63) is 109 Å². The largest absolute Gasteiger partial charge is 0.472 e. The minimum Gasteiger partial charge on any atom is -0.462 e. The summed E-state index contributed by atoms with van der Waals surface area (Å²) >= 11 is 0. The predicted molar refractivity (Wildman–Crippen MR) is 436 cm³/mol. The van der Waals surface area contributed by atoms with E-state index in [1.165, 1.54) is 103 Å². The number of unbranched alkanes of at least 4 members (excludes halogenated alkanes) is 35. The van der Waals surface area contributed by atoms with Gasteiger partial charge < -0.3 is 33.8 Å². The normalized spacial score (nSPS) is 14.4. The van der Waals surface area contributed by atoms with Crippen molar-refractivity contribution in [3.63, 3.8) is 0 Å². The second-order valence-corrected chi connectivity index (χ2v) is 30.9. The Morgan fingerprint density at radius 3 is 0.774 bits per heavy atom. The van der Waals surface area contributed by atoms with E-state index in [0.717, 1.165) is 180 Å². The number of phosphoric ester groups is 2. The molecule has 0 saturated carbocycles. The molecule has 0 aliphatic carbocycles. The van der Waals surface area contributed by atoms with Crippen LogP contribution in [0.1, 0.15) is 362 Å². The maximum Gasteiger partial charge on any atom is 0.472 e. The standard InChI is InChI=1S/C87H152O17P2/c1-5-9-13-17-21-25-29-33-37-39-40-42-45-48-52-56-60-64-68-72-85(90)98-78-83(104-87(92)74-70-66-62-58-54-50-46-41-38-34-30-26-22-18-14-10-6-2)80-102-106(95,96)100-76-81(88)75-99-105(93,94)101-79-82(103-86(91)73-69-65-61-57-53-49-44-36-32-28-24-20-16-12-8-4)77-97-84(89)71-67-63-59-55-51-47-43-35-31-27-23-19-15-11-7-3/h10,14,21-23,25-27,33-35,37-38,40,42-43,46,50,81-83,88H,5-9,11-13,15-20,24,28-32,36,39,41,44-45,47-49,51-80H2,1-4H3,(H,93,94)(H,95,96)/b14-10-,25-21-,26-22-,27-23-,37-33-,38-34-,42-40-,43-35-,50-46-. The lowest BCUT2D eigenvalue weighted by molar-refractivity contribution is -0.161. The SMILES string of the molecule is CC/C=C\C/C=C\C/C=C\C/C=C\CCCCCCC(=O)OC(COC(=O)CCCCCCCC/C=C\C/C=C\C/C=C\CCCCC)COP(=O)(O)OCC(O)COP(=O)(O)OCC(COC(=O)CCCCCCC/C=C\C/C=C\CCCCC)OC(=O)CCCCCCCCCCCCCCCCC. The number of aliphatic hydroxyl groups excluding tert-OH is 1. The molecular weight excluding hydrogens is 1380 g/mol. The van der Waals surface area contributed by atoms with Crippen LogP contribution in [0.4, 0.5) is 0 Å². The second kappa shape index (κ2) is 78.8. The van der Waals surface area contributed by atoms with Gasteiger partial charge in [-0.1, -0.05) is 310 Å². The molecular formula is C87H152O17P2. The zero-order chi connectivity index (χ0) is 77.4. The summed E-state index contributed by atoms with van der Waals surface area (Å²) in [7, 11) is -9.97. The van der Waals surface area contributed by atoms with Crippen LogP contribution in [0.2, 0.25) is 0 Å². The molecule has 0 spiro atoms. The quantitative estimate of drug-likeness (QED) is 0.0169. The van der Waals surface area contributed by atoms with Crippen molar-refractivity contribution in [1.29, 1.82) is 0 Å². The molecule has 106 heavy (non-hydrogen) atoms. The van der Waals surface area contributed by atoms with Gasteiger partial charge in [0.2, 0.25) is 0 Å². The monoisotopic (exact) mass is 1530 g/mol. The third-order valence-corrected chi connectivity index (χ3v) is 19.6. The van der Waals surface area contributed by atoms with Crippen LogP contribution < -0.4 is 0 Å². The van der Waals surface area contributed by atoms with Gasteiger partial charge in [0, 0.05) is 25.7 Å². The molecule has 5 atom stereocenters. The van der Waals surface area contributed by atoms with Gasteiger partial charge in [-0.25, -0.2) is 9.13 Å². The Labute approximate surface area is 645 Å². The summed E-state index contributed by atoms with van der Waals surface area (Å²) in [6.07, 6.45) is 86.2. The number of allylic oxidation sites excluding steroid dienone is 18. The van der Waals surface area contributed by atoms with E-state index in [1.54, 1.807) is 0 Å². The predicted octanol–water partition coefficient (Wildman–Crippen LogP) is 24.9. The number of carbonyl (C=O) groups is 4. The fourth-order valence-electron chi connectivity index (χ4n) is 11.3. The van der Waals surface area contributed by atoms with Crippen molar-refractivity contribution < 1.29 is 80.2 Å². The Morgan fingerprint density at radius 2 is 0.491 bits per heavy atom. The molecule has 5 unspecified atom stereocenters. The Hall–Kier alpha value is -4.28. The minimum atomic E-state index is -4.99. The summed E-state index contributed by atoms with van der Waals surface area (Å²) in [6, 6.07) is 0. The molecule has 0 fully saturated rings. The molecule has 0 saturated heterocycles. The molecule has 0 heterocycles. The molecule has 0 rings (SSSR count). The van der Waals surface area contributed by atoms with E-state index in [1.807, 2.05) is 0 Å². The van der Waals surface area contributed by atoms with Crippen LogP contribution in [0.5, 0.6) is 0 Å². The van der Waals surface area contributed by atoms with E-state index in [9.17, 15) is 43.2 Å². The molecule has 19 heteroatoms. The molecule has 612 valence electrons. The molecule has 0 aromatic rings. The molecule has 0 radical (unpaired) electrons. The van der Waals surface area contributed by atoms with E-state index in [0.29, 0.717) is 25.7 Å². The van der Waals surface area contributed by atoms with Crippen LogP contribution in [0.15, 0.2) is 109 Å². The highest BCUT2D eigenvalue weighted by atomic mass is 31.2. The van der Waals surface area contributed by atoms with Crippen LogP contribution in [0, 0.1) is 0 Å². The average molecular weight is 1530 g/mol. The van der Waals surface area contributed by atoms with Gasteiger partial charge in [-0.3, -0.25) is 37.3 Å². The van der Waals surface area contributed by atoms with E-state index in [2.05, 4.69) is 137 Å². The van der Waals surface area contributed by atoms with Crippen LogP contribution in [0.25, 0.3) is 0 Å². The lowest BCUT2D eigenvalue weighted by atomic mass is 10.0. The minimum absolute atomic E-state index is 0.0629. The first-order valence-corrected chi connectivity index (χ1v) is 45.1. The summed E-state index contributed by atoms with van der Waals surface area (Å²) in [5, 5.41) is 10.7. The van der Waals surface area contributed by atoms with E-state index in [-0.39, 0.29) is 25.7 Å². The molecule has 3 N–H and O–H groups in total. The molecule has 0 bridgehead atoms. The zero-order valence-corrected chi connectivity index (χ0v) is 68.9. The van der Waals surface area contributed by atoms with Crippen molar-refractivity contribution >= 4 is 39.5 Å². The summed E-state index contributed by atoms with van der Waals surface area (Å²) in [5.41, 5.74) is 0. The first-order chi connectivity index (χ1) is 51.7. The highest BCUT2D eigenvalue weighted by Gasteiger charge is 2.30. The summed E-state index contributed by atoms with van der Waals surface area (Å²) < 4.78 is 68.7. The van der Waals surface area contributed by atoms with E-state index in [4.69, 9.17) is 37.0 Å². The maximum atomic E-state index is 13.1. The fourth-order valence-corrected chi connectivity index (χ4v) is 12.9. The van der Waals surface area contributed by atoms with Gasteiger partial charge in [-0.05, 0) is 135 Å². The van der Waals surface area contributed by atoms with Gasteiger partial charge in [0.15, 0.2) is 12.2 Å². The molecule has 17 nitrogen and oxygen atoms in total. The summed E-state index contributed by atoms with van der Waals surface area (Å²) in [4.78, 5) is 73.2. The van der Waals surface area contributed by atoms with Gasteiger partial charge in [0.05, 0.1) is 26.4 Å². The third kappa shape index (κ3) is 77.9. The highest BCUT2D eigenvalue weighted by molar-refractivity contribution is 7.47. The topological polar surface area (TPSA) is 237 Å². The molecule has 0 aliphatic rings. The van der Waals surface area contributed by atoms with Gasteiger partial charge in [0.25, 0.3) is 0 Å². The number of hydrogen-bond donors (Lipinski definition) is 3. The molecule has 0 aromatic carbocycles. The second-order valence-electron chi connectivity index (χ2n) is 28.0. The lowest BCUT2D eigenvalue weighted by Crippen LogP contribution is -2.30. The summed E-state index contributed by atoms with van der Waals surface area (Å²) in [5.74, 6) is -2.21. The molecule has 0 amide bonds. The van der Waals surface area contributed by atoms with Crippen molar-refractivity contribution in [1.82, 2.24) is 0 Å². The van der Waals surface area contributed by atoms with Crippen LogP contribution >= 0.6 is 15.6 Å². The number of rotatable bonds is 79. The van der Waals surface area contributed by atoms with Gasteiger partial charge >= 0.3 is 39.5 Å². The Balaban J connectivity index is 5.40. The fraction of sp³-hybridized carbons (Fsp3) is 0.747. The Morgan fingerprint density at radius 1 is 0.274 bits per heavy atom. The smallest absolute Gasteiger partial charge is 0.462 e. The number of carbonyl (C=O) groups excluding carboxylic acids is 4. The molecule has 0 aliphatic heterocycles. The maximum absolute atomic E-state index is 13.1. The Bertz CT molecular complexity index is 2430. The van der Waals surface area contributed by atoms with Gasteiger partial charge in [-0.2, -0.15) is 0 Å². The zero-order valence-electron chi connectivity index (χ0n) is 67.1. The van der Waals surface area contributed by atoms with Gasteiger partial charge in [-0.15, -0.1) is 0 Å². The van der Waals surface area contributed by atoms with Crippen LogP contribution in [-0.2, 0) is 65.4 Å². The van der Waals surface area contributed by atoms with Crippen molar-refractivity contribution in [2.24, 2.45) is 0 Å². The van der Waals surface area contributed by atoms with Crippen molar-refractivity contribution in [2.45, 2.75) is 380 Å². The highest BCUT2D eigenvalue weighted by Crippen LogP contribution is 2.45. The van der Waals surface area contributed by atoms with Gasteiger partial charge in [0.1, 0.15) is 19.3 Å². The van der Waals surface area contributed by atoms with Crippen LogP contribution in [-0.4, -0.2) is 96.7 Å². The number of hydrogen-bond acceptors (Lipinski definition) is 15.